The Labute approximate surface area is 208 Å². The molecule has 0 bridgehead atoms. The van der Waals surface area contributed by atoms with E-state index in [0.29, 0.717) is 34.7 Å². The standard InChI is InChI=1S/C27H23ClN4O3/c1-17-23(26-30-25(31-35-26)19-9-4-3-5-10-19)24(20-11-7-13-22(15-20)34-2)29-27(33)32(17)16-18-8-6-12-21(28)14-18/h3-15,24H,16H2,1-2H3,(H,29,33). The number of methoxy groups -OCH3 is 1. The summed E-state index contributed by atoms with van der Waals surface area (Å²) in [4.78, 5) is 19.6. The number of carbonyl (C=O) groups excluding carboxylic acids is 1. The lowest BCUT2D eigenvalue weighted by atomic mass is 9.94. The van der Waals surface area contributed by atoms with Crippen LogP contribution in [0.5, 0.6) is 5.75 Å². The van der Waals surface area contributed by atoms with Crippen molar-refractivity contribution >= 4 is 23.2 Å². The zero-order chi connectivity index (χ0) is 24.4. The van der Waals surface area contributed by atoms with E-state index in [9.17, 15) is 4.79 Å². The Kier molecular flexibility index (Phi) is 6.25. The molecule has 1 aliphatic heterocycles. The summed E-state index contributed by atoms with van der Waals surface area (Å²) in [6.07, 6.45) is 0. The topological polar surface area (TPSA) is 80.5 Å². The molecule has 1 N–H and O–H groups in total. The van der Waals surface area contributed by atoms with Gasteiger partial charge in [-0.2, -0.15) is 4.98 Å². The lowest BCUT2D eigenvalue weighted by Gasteiger charge is -2.35. The maximum atomic E-state index is 13.3. The van der Waals surface area contributed by atoms with E-state index in [0.717, 1.165) is 22.3 Å². The summed E-state index contributed by atoms with van der Waals surface area (Å²) < 4.78 is 11.2. The highest BCUT2D eigenvalue weighted by Gasteiger charge is 2.36. The smallest absolute Gasteiger partial charge is 0.322 e. The van der Waals surface area contributed by atoms with E-state index in [1.54, 1.807) is 18.1 Å². The molecule has 0 fully saturated rings. The van der Waals surface area contributed by atoms with Gasteiger partial charge >= 0.3 is 6.03 Å². The summed E-state index contributed by atoms with van der Waals surface area (Å²) in [6, 6.07) is 23.9. The van der Waals surface area contributed by atoms with Crippen molar-refractivity contribution in [3.63, 3.8) is 0 Å². The van der Waals surface area contributed by atoms with Crippen LogP contribution < -0.4 is 10.1 Å². The molecule has 35 heavy (non-hydrogen) atoms. The summed E-state index contributed by atoms with van der Waals surface area (Å²) in [5.41, 5.74) is 4.02. The average molecular weight is 487 g/mol. The van der Waals surface area contributed by atoms with E-state index in [4.69, 9.17) is 20.9 Å². The molecule has 0 saturated carbocycles. The van der Waals surface area contributed by atoms with E-state index in [-0.39, 0.29) is 6.03 Å². The molecule has 8 heteroatoms. The number of hydrogen-bond donors (Lipinski definition) is 1. The second-order valence-corrected chi connectivity index (χ2v) is 8.60. The minimum Gasteiger partial charge on any atom is -0.497 e. The molecular weight excluding hydrogens is 464 g/mol. The van der Waals surface area contributed by atoms with Gasteiger partial charge in [-0.1, -0.05) is 71.4 Å². The van der Waals surface area contributed by atoms with Crippen LogP contribution in [0.15, 0.2) is 89.1 Å². The maximum absolute atomic E-state index is 13.3. The average Bonchev–Trinajstić information content (AvgIpc) is 3.36. The van der Waals surface area contributed by atoms with Gasteiger partial charge in [-0.15, -0.1) is 0 Å². The van der Waals surface area contributed by atoms with Crippen LogP contribution in [0.4, 0.5) is 4.79 Å². The van der Waals surface area contributed by atoms with Gasteiger partial charge in [0, 0.05) is 16.3 Å². The first-order valence-corrected chi connectivity index (χ1v) is 11.5. The first kappa shape index (κ1) is 22.7. The first-order valence-electron chi connectivity index (χ1n) is 11.1. The third-order valence-electron chi connectivity index (χ3n) is 5.94. The number of hydrogen-bond acceptors (Lipinski definition) is 5. The van der Waals surface area contributed by atoms with Crippen molar-refractivity contribution in [2.24, 2.45) is 0 Å². The number of carbonyl (C=O) groups is 1. The van der Waals surface area contributed by atoms with E-state index in [2.05, 4.69) is 15.5 Å². The summed E-state index contributed by atoms with van der Waals surface area (Å²) in [6.45, 7) is 2.23. The van der Waals surface area contributed by atoms with Gasteiger partial charge in [0.2, 0.25) is 5.82 Å². The molecular formula is C27H23ClN4O3. The second kappa shape index (κ2) is 9.64. The number of nitrogens with one attached hydrogen (secondary N) is 1. The Hall–Kier alpha value is -4.10. The van der Waals surface area contributed by atoms with E-state index in [1.807, 2.05) is 79.7 Å². The fraction of sp³-hybridized carbons (Fsp3) is 0.148. The SMILES string of the molecule is COc1cccc(C2NC(=O)N(Cc3cccc(Cl)c3)C(C)=C2c2nc(-c3ccccc3)no2)c1. The summed E-state index contributed by atoms with van der Waals surface area (Å²) in [5.74, 6) is 1.50. The Morgan fingerprint density at radius 2 is 1.86 bits per heavy atom. The van der Waals surface area contributed by atoms with Crippen molar-refractivity contribution in [1.82, 2.24) is 20.4 Å². The molecule has 176 valence electrons. The Bertz CT molecular complexity index is 1400. The van der Waals surface area contributed by atoms with Crippen LogP contribution in [-0.4, -0.2) is 28.2 Å². The molecule has 1 atom stereocenters. The first-order chi connectivity index (χ1) is 17.0. The van der Waals surface area contributed by atoms with Gasteiger partial charge in [0.15, 0.2) is 0 Å². The zero-order valence-electron chi connectivity index (χ0n) is 19.2. The van der Waals surface area contributed by atoms with Crippen LogP contribution >= 0.6 is 11.6 Å². The highest BCUT2D eigenvalue weighted by molar-refractivity contribution is 6.30. The lowest BCUT2D eigenvalue weighted by molar-refractivity contribution is 0.203. The number of nitrogens with zero attached hydrogens (tertiary/aromatic N) is 3. The number of rotatable bonds is 6. The summed E-state index contributed by atoms with van der Waals surface area (Å²) in [5, 5.41) is 7.93. The van der Waals surface area contributed by atoms with E-state index in [1.165, 1.54) is 0 Å². The predicted octanol–water partition coefficient (Wildman–Crippen LogP) is 6.10. The molecule has 5 rings (SSSR count). The number of benzene rings is 3. The lowest BCUT2D eigenvalue weighted by Crippen LogP contribution is -2.45. The normalized spacial score (nSPS) is 15.8. The number of urea groups is 1. The number of halogens is 1. The van der Waals surface area contributed by atoms with Crippen LogP contribution in [0.1, 0.15) is 30.0 Å². The van der Waals surface area contributed by atoms with Gasteiger partial charge in [-0.25, -0.2) is 4.79 Å². The highest BCUT2D eigenvalue weighted by Crippen LogP contribution is 2.38. The van der Waals surface area contributed by atoms with Crippen molar-refractivity contribution in [3.8, 4) is 17.1 Å². The third-order valence-corrected chi connectivity index (χ3v) is 6.18. The minimum absolute atomic E-state index is 0.234. The fourth-order valence-corrected chi connectivity index (χ4v) is 4.39. The molecule has 7 nitrogen and oxygen atoms in total. The molecule has 0 radical (unpaired) electrons. The Morgan fingerprint density at radius 1 is 1.06 bits per heavy atom. The maximum Gasteiger partial charge on any atom is 0.322 e. The van der Waals surface area contributed by atoms with E-state index < -0.39 is 6.04 Å². The van der Waals surface area contributed by atoms with Gasteiger partial charge in [-0.3, -0.25) is 4.90 Å². The highest BCUT2D eigenvalue weighted by atomic mass is 35.5. The molecule has 2 heterocycles. The van der Waals surface area contributed by atoms with Crippen LogP contribution in [0.3, 0.4) is 0 Å². The molecule has 0 saturated heterocycles. The predicted molar refractivity (Wildman–Crippen MR) is 134 cm³/mol. The van der Waals surface area contributed by atoms with E-state index >= 15 is 0 Å². The van der Waals surface area contributed by atoms with Gasteiger partial charge in [0.05, 0.1) is 25.3 Å². The molecule has 4 aromatic rings. The van der Waals surface area contributed by atoms with Crippen LogP contribution in [-0.2, 0) is 6.54 Å². The van der Waals surface area contributed by atoms with Crippen molar-refractivity contribution in [2.75, 3.05) is 7.11 Å². The summed E-state index contributed by atoms with van der Waals surface area (Å²) in [7, 11) is 1.61. The largest absolute Gasteiger partial charge is 0.497 e. The third kappa shape index (κ3) is 4.63. The number of ether oxygens (including phenoxy) is 1. The molecule has 2 amide bonds. The van der Waals surface area contributed by atoms with Crippen molar-refractivity contribution in [2.45, 2.75) is 19.5 Å². The quantitative estimate of drug-likeness (QED) is 0.356. The fourth-order valence-electron chi connectivity index (χ4n) is 4.18. The molecule has 0 aliphatic carbocycles. The molecule has 1 unspecified atom stereocenters. The molecule has 3 aromatic carbocycles. The number of allylic oxidation sites excluding steroid dienone is 1. The summed E-state index contributed by atoms with van der Waals surface area (Å²) >= 11 is 6.18. The van der Waals surface area contributed by atoms with Gasteiger partial charge in [0.1, 0.15) is 5.75 Å². The van der Waals surface area contributed by atoms with Crippen LogP contribution in [0.25, 0.3) is 17.0 Å². The number of amides is 2. The number of aromatic nitrogens is 2. The zero-order valence-corrected chi connectivity index (χ0v) is 20.0. The van der Waals surface area contributed by atoms with Crippen LogP contribution in [0.2, 0.25) is 5.02 Å². The van der Waals surface area contributed by atoms with Crippen molar-refractivity contribution < 1.29 is 14.1 Å². The Balaban J connectivity index is 1.61. The van der Waals surface area contributed by atoms with Gasteiger partial charge in [-0.05, 0) is 42.3 Å². The van der Waals surface area contributed by atoms with Crippen molar-refractivity contribution in [1.29, 1.82) is 0 Å². The monoisotopic (exact) mass is 486 g/mol. The van der Waals surface area contributed by atoms with Crippen LogP contribution in [0, 0.1) is 0 Å². The molecule has 1 aliphatic rings. The Morgan fingerprint density at radius 3 is 2.63 bits per heavy atom. The second-order valence-electron chi connectivity index (χ2n) is 8.16. The van der Waals surface area contributed by atoms with Gasteiger partial charge < -0.3 is 14.6 Å². The molecule has 1 aromatic heterocycles. The van der Waals surface area contributed by atoms with Crippen molar-refractivity contribution in [3.05, 3.63) is 107 Å². The minimum atomic E-state index is -0.503. The molecule has 0 spiro atoms. The van der Waals surface area contributed by atoms with Gasteiger partial charge in [0.25, 0.3) is 5.89 Å².